The van der Waals surface area contributed by atoms with Crippen molar-refractivity contribution >= 4 is 23.3 Å². The minimum Gasteiger partial charge on any atom is -0.478 e. The first-order valence-corrected chi connectivity index (χ1v) is 7.61. The zero-order valence-electron chi connectivity index (χ0n) is 15.3. The zero-order chi connectivity index (χ0) is 22.5. The Kier molecular flexibility index (Phi) is 7.40. The molecule has 0 radical (unpaired) electrons. The van der Waals surface area contributed by atoms with Crippen LogP contribution in [0.15, 0.2) is 24.3 Å². The number of halogens is 2. The van der Waals surface area contributed by atoms with Crippen molar-refractivity contribution in [3.05, 3.63) is 78.4 Å². The average molecular weight is 412 g/mol. The summed E-state index contributed by atoms with van der Waals surface area (Å²) < 4.78 is 30.4. The molecule has 2 aromatic carbocycles. The van der Waals surface area contributed by atoms with Crippen LogP contribution in [0.25, 0.3) is 0 Å². The van der Waals surface area contributed by atoms with Gasteiger partial charge in [0.25, 0.3) is 0 Å². The number of aryl methyl sites for hydroxylation is 2. The van der Waals surface area contributed by atoms with Crippen molar-refractivity contribution < 1.29 is 38.1 Å². The van der Waals surface area contributed by atoms with E-state index in [1.807, 2.05) is 0 Å². The second-order valence-electron chi connectivity index (χ2n) is 5.55. The molecule has 0 aromatic heterocycles. The van der Waals surface area contributed by atoms with E-state index in [1.54, 1.807) is 0 Å². The Morgan fingerprint density at radius 3 is 1.62 bits per heavy atom. The highest BCUT2D eigenvalue weighted by Gasteiger charge is 2.21. The molecule has 0 saturated heterocycles. The number of ether oxygens (including phenoxy) is 1. The van der Waals surface area contributed by atoms with Gasteiger partial charge in [0.1, 0.15) is 0 Å². The third kappa shape index (κ3) is 5.51. The number of aromatic carboxylic acids is 1. The number of hydrogen-bond acceptors (Lipinski definition) is 7. The molecule has 2 rings (SSSR count). The molecular weight excluding hydrogens is 398 g/mol. The summed E-state index contributed by atoms with van der Waals surface area (Å²) in [5.74, 6) is -4.04. The zero-order valence-corrected chi connectivity index (χ0v) is 15.3. The lowest BCUT2D eigenvalue weighted by atomic mass is 10.1. The lowest BCUT2D eigenvalue weighted by molar-refractivity contribution is -0.387. The average Bonchev–Trinajstić information content (AvgIpc) is 2.60. The van der Waals surface area contributed by atoms with E-state index in [9.17, 15) is 38.6 Å². The second-order valence-corrected chi connectivity index (χ2v) is 5.55. The molecular formula is C17H14F2N2O8. The van der Waals surface area contributed by atoms with Crippen molar-refractivity contribution in [1.29, 1.82) is 0 Å². The fourth-order valence-corrected chi connectivity index (χ4v) is 2.16. The van der Waals surface area contributed by atoms with E-state index < -0.39 is 44.8 Å². The summed E-state index contributed by atoms with van der Waals surface area (Å²) in [5, 5.41) is 29.3. The third-order valence-corrected chi connectivity index (χ3v) is 3.62. The highest BCUT2D eigenvalue weighted by atomic mass is 19.1. The molecule has 0 spiro atoms. The van der Waals surface area contributed by atoms with Crippen LogP contribution in [0.2, 0.25) is 0 Å². The first-order chi connectivity index (χ1) is 13.4. The summed E-state index contributed by atoms with van der Waals surface area (Å²) in [6.07, 6.45) is 0. The van der Waals surface area contributed by atoms with Crippen LogP contribution >= 0.6 is 0 Å². The van der Waals surface area contributed by atoms with Gasteiger partial charge in [-0.15, -0.1) is 0 Å². The van der Waals surface area contributed by atoms with Gasteiger partial charge in [-0.1, -0.05) is 0 Å². The van der Waals surface area contributed by atoms with Crippen LogP contribution in [0.5, 0.6) is 0 Å². The molecule has 0 bridgehead atoms. The molecule has 0 amide bonds. The normalized spacial score (nSPS) is 9.83. The van der Waals surface area contributed by atoms with Crippen LogP contribution in [0.1, 0.15) is 31.8 Å². The highest BCUT2D eigenvalue weighted by Crippen LogP contribution is 2.23. The first kappa shape index (κ1) is 23.1. The van der Waals surface area contributed by atoms with Gasteiger partial charge >= 0.3 is 23.3 Å². The Hall–Kier alpha value is -3.96. The molecule has 10 nitrogen and oxygen atoms in total. The summed E-state index contributed by atoms with van der Waals surface area (Å²) in [5.41, 5.74) is -1.39. The molecule has 0 aliphatic carbocycles. The molecule has 0 saturated carbocycles. The molecule has 0 unspecified atom stereocenters. The second kappa shape index (κ2) is 9.30. The number of nitro groups is 2. The minimum atomic E-state index is -1.31. The Morgan fingerprint density at radius 1 is 0.897 bits per heavy atom. The Morgan fingerprint density at radius 2 is 1.28 bits per heavy atom. The van der Waals surface area contributed by atoms with E-state index in [2.05, 4.69) is 4.74 Å². The van der Waals surface area contributed by atoms with Crippen LogP contribution in [0, 0.1) is 45.7 Å². The smallest absolute Gasteiger partial charge is 0.338 e. The SMILES string of the molecule is COC(=O)c1cc([N+](=O)[O-])c(F)cc1C.Cc1cc(F)c([N+](=O)[O-])cc1C(=O)O. The molecule has 0 atom stereocenters. The van der Waals surface area contributed by atoms with Crippen molar-refractivity contribution in [3.8, 4) is 0 Å². The maximum Gasteiger partial charge on any atom is 0.338 e. The molecule has 12 heteroatoms. The number of esters is 1. The molecule has 154 valence electrons. The Bertz CT molecular complexity index is 972. The van der Waals surface area contributed by atoms with Gasteiger partial charge in [-0.3, -0.25) is 20.2 Å². The van der Waals surface area contributed by atoms with Gasteiger partial charge in [0.15, 0.2) is 0 Å². The quantitative estimate of drug-likeness (QED) is 0.455. The van der Waals surface area contributed by atoms with E-state index >= 15 is 0 Å². The molecule has 0 fully saturated rings. The van der Waals surface area contributed by atoms with Crippen LogP contribution in [-0.4, -0.2) is 34.0 Å². The van der Waals surface area contributed by atoms with Gasteiger partial charge in [-0.2, -0.15) is 8.78 Å². The maximum absolute atomic E-state index is 13.1. The summed E-state index contributed by atoms with van der Waals surface area (Å²) in [4.78, 5) is 40.6. The van der Waals surface area contributed by atoms with Crippen LogP contribution in [-0.2, 0) is 4.74 Å². The number of methoxy groups -OCH3 is 1. The first-order valence-electron chi connectivity index (χ1n) is 7.61. The molecule has 1 N–H and O–H groups in total. The van der Waals surface area contributed by atoms with Gasteiger partial charge in [-0.25, -0.2) is 9.59 Å². The van der Waals surface area contributed by atoms with Crippen molar-refractivity contribution in [3.63, 3.8) is 0 Å². The highest BCUT2D eigenvalue weighted by molar-refractivity contribution is 5.91. The number of rotatable bonds is 4. The molecule has 0 heterocycles. The molecule has 2 aromatic rings. The predicted octanol–water partition coefficient (Wildman–Crippen LogP) is 3.57. The van der Waals surface area contributed by atoms with Gasteiger partial charge in [-0.05, 0) is 37.1 Å². The van der Waals surface area contributed by atoms with E-state index in [-0.39, 0.29) is 16.7 Å². The fourth-order valence-electron chi connectivity index (χ4n) is 2.16. The number of hydrogen-bond donors (Lipinski definition) is 1. The Labute approximate surface area is 161 Å². The van der Waals surface area contributed by atoms with Crippen LogP contribution < -0.4 is 0 Å². The minimum absolute atomic E-state index is 0.00870. The van der Waals surface area contributed by atoms with E-state index in [0.717, 1.165) is 25.3 Å². The number of nitrogens with zero attached hydrogens (tertiary/aromatic N) is 2. The van der Waals surface area contributed by atoms with Gasteiger partial charge in [0, 0.05) is 12.1 Å². The third-order valence-electron chi connectivity index (χ3n) is 3.62. The van der Waals surface area contributed by atoms with Gasteiger partial charge in [0.2, 0.25) is 11.6 Å². The van der Waals surface area contributed by atoms with Gasteiger partial charge < -0.3 is 9.84 Å². The molecule has 0 aliphatic heterocycles. The molecule has 0 aliphatic rings. The lowest BCUT2D eigenvalue weighted by Crippen LogP contribution is -2.06. The summed E-state index contributed by atoms with van der Waals surface area (Å²) in [7, 11) is 1.15. The van der Waals surface area contributed by atoms with Crippen molar-refractivity contribution in [2.45, 2.75) is 13.8 Å². The number of carboxylic acid groups (broad SMARTS) is 1. The van der Waals surface area contributed by atoms with Crippen LogP contribution in [0.4, 0.5) is 20.2 Å². The van der Waals surface area contributed by atoms with E-state index in [0.29, 0.717) is 11.6 Å². The predicted molar refractivity (Wildman–Crippen MR) is 93.9 cm³/mol. The summed E-state index contributed by atoms with van der Waals surface area (Å²) in [6.45, 7) is 2.84. The van der Waals surface area contributed by atoms with E-state index in [1.165, 1.54) is 13.8 Å². The van der Waals surface area contributed by atoms with Gasteiger partial charge in [0.05, 0.1) is 28.1 Å². The summed E-state index contributed by atoms with van der Waals surface area (Å²) >= 11 is 0. The Balaban J connectivity index is 0.000000291. The summed E-state index contributed by atoms with van der Waals surface area (Å²) in [6, 6.07) is 3.36. The number of nitro benzene ring substituents is 2. The number of carbonyl (C=O) groups excluding carboxylic acids is 1. The van der Waals surface area contributed by atoms with Crippen LogP contribution in [0.3, 0.4) is 0 Å². The number of benzene rings is 2. The lowest BCUT2D eigenvalue weighted by Gasteiger charge is -2.03. The van der Waals surface area contributed by atoms with E-state index in [4.69, 9.17) is 5.11 Å². The standard InChI is InChI=1S/C9H8FNO4.C8H6FNO4/c1-5-3-7(10)8(11(13)14)4-6(5)9(12)15-2;1-4-2-6(9)7(10(13)14)3-5(4)8(11)12/h3-4H,1-2H3;2-3H,1H3,(H,11,12). The fraction of sp³-hybridized carbons (Fsp3) is 0.176. The topological polar surface area (TPSA) is 150 Å². The van der Waals surface area contributed by atoms with Crippen molar-refractivity contribution in [2.24, 2.45) is 0 Å². The monoisotopic (exact) mass is 412 g/mol. The number of carboxylic acids is 1. The van der Waals surface area contributed by atoms with Crippen molar-refractivity contribution in [1.82, 2.24) is 0 Å². The largest absolute Gasteiger partial charge is 0.478 e. The number of carbonyl (C=O) groups is 2. The molecule has 29 heavy (non-hydrogen) atoms. The maximum atomic E-state index is 13.1. The van der Waals surface area contributed by atoms with Crippen molar-refractivity contribution in [2.75, 3.05) is 7.11 Å².